The Balaban J connectivity index is 1.29. The van der Waals surface area contributed by atoms with Gasteiger partial charge in [-0.25, -0.2) is 0 Å². The predicted molar refractivity (Wildman–Crippen MR) is 115 cm³/mol. The van der Waals surface area contributed by atoms with Crippen LogP contribution in [0.25, 0.3) is 5.65 Å². The number of hydrogen-bond donors (Lipinski definition) is 0. The third-order valence-electron chi connectivity index (χ3n) is 6.26. The number of furan rings is 1. The van der Waals surface area contributed by atoms with Crippen LogP contribution < -0.4 is 0 Å². The zero-order valence-corrected chi connectivity index (χ0v) is 17.5. The van der Waals surface area contributed by atoms with E-state index in [9.17, 15) is 14.4 Å². The number of amides is 3. The molecule has 9 heteroatoms. The van der Waals surface area contributed by atoms with Gasteiger partial charge in [0.1, 0.15) is 5.76 Å². The average molecular weight is 441 g/mol. The van der Waals surface area contributed by atoms with Gasteiger partial charge in [0.15, 0.2) is 11.5 Å². The Morgan fingerprint density at radius 1 is 1.03 bits per heavy atom. The lowest BCUT2D eigenvalue weighted by Crippen LogP contribution is -2.31. The van der Waals surface area contributed by atoms with Crippen molar-refractivity contribution in [1.29, 1.82) is 0 Å². The number of pyridine rings is 1. The molecule has 33 heavy (non-hydrogen) atoms. The lowest BCUT2D eigenvalue weighted by Gasteiger charge is -2.23. The summed E-state index contributed by atoms with van der Waals surface area (Å²) in [5.74, 6) is 0.217. The summed E-state index contributed by atoms with van der Waals surface area (Å²) in [4.78, 5) is 42.1. The van der Waals surface area contributed by atoms with Crippen LogP contribution in [0.1, 0.15) is 61.5 Å². The first-order valence-electron chi connectivity index (χ1n) is 10.7. The van der Waals surface area contributed by atoms with Crippen molar-refractivity contribution >= 4 is 23.4 Å². The Morgan fingerprint density at radius 3 is 2.76 bits per heavy atom. The van der Waals surface area contributed by atoms with E-state index in [0.717, 1.165) is 23.4 Å². The minimum absolute atomic E-state index is 0.0524. The summed E-state index contributed by atoms with van der Waals surface area (Å²) in [5, 5.41) is 8.55. The van der Waals surface area contributed by atoms with Crippen molar-refractivity contribution in [2.75, 3.05) is 6.54 Å². The molecular weight excluding hydrogens is 422 g/mol. The lowest BCUT2D eigenvalue weighted by atomic mass is 10.0. The first-order chi connectivity index (χ1) is 16.1. The van der Waals surface area contributed by atoms with Crippen LogP contribution in [0, 0.1) is 0 Å². The maximum atomic E-state index is 13.5. The van der Waals surface area contributed by atoms with E-state index in [1.807, 2.05) is 28.8 Å². The highest BCUT2D eigenvalue weighted by molar-refractivity contribution is 6.22. The second-order valence-corrected chi connectivity index (χ2v) is 8.18. The van der Waals surface area contributed by atoms with Crippen LogP contribution in [0.15, 0.2) is 65.4 Å². The highest BCUT2D eigenvalue weighted by atomic mass is 16.3. The Morgan fingerprint density at radius 2 is 1.91 bits per heavy atom. The number of likely N-dealkylation sites (tertiary alicyclic amines) is 1. The van der Waals surface area contributed by atoms with Crippen LogP contribution in [0.5, 0.6) is 0 Å². The van der Waals surface area contributed by atoms with E-state index in [0.29, 0.717) is 29.3 Å². The van der Waals surface area contributed by atoms with Crippen LogP contribution in [-0.2, 0) is 6.54 Å². The number of aromatic nitrogens is 3. The van der Waals surface area contributed by atoms with Gasteiger partial charge in [-0.05, 0) is 55.3 Å². The van der Waals surface area contributed by atoms with Crippen molar-refractivity contribution in [3.05, 3.63) is 89.3 Å². The van der Waals surface area contributed by atoms with Crippen molar-refractivity contribution in [2.24, 2.45) is 0 Å². The van der Waals surface area contributed by atoms with Crippen molar-refractivity contribution in [2.45, 2.75) is 25.4 Å². The van der Waals surface area contributed by atoms with Gasteiger partial charge < -0.3 is 9.32 Å². The molecule has 3 aromatic heterocycles. The molecule has 0 bridgehead atoms. The molecule has 0 spiro atoms. The highest BCUT2D eigenvalue weighted by Gasteiger charge is 2.38. The maximum Gasteiger partial charge on any atom is 0.261 e. The molecule has 0 N–H and O–H groups in total. The van der Waals surface area contributed by atoms with Crippen LogP contribution >= 0.6 is 0 Å². The van der Waals surface area contributed by atoms with Gasteiger partial charge in [0.2, 0.25) is 0 Å². The molecule has 4 aromatic rings. The summed E-state index contributed by atoms with van der Waals surface area (Å²) in [7, 11) is 0. The monoisotopic (exact) mass is 441 g/mol. The quantitative estimate of drug-likeness (QED) is 0.451. The summed E-state index contributed by atoms with van der Waals surface area (Å²) in [6.07, 6.45) is 5.01. The summed E-state index contributed by atoms with van der Waals surface area (Å²) < 4.78 is 7.17. The van der Waals surface area contributed by atoms with Crippen molar-refractivity contribution in [1.82, 2.24) is 24.4 Å². The number of nitrogens with zero attached hydrogens (tertiary/aromatic N) is 5. The Bertz CT molecular complexity index is 1410. The lowest BCUT2D eigenvalue weighted by molar-refractivity contribution is 0.0631. The Hall–Kier alpha value is -4.27. The molecule has 2 aliphatic rings. The normalized spacial score (nSPS) is 17.9. The summed E-state index contributed by atoms with van der Waals surface area (Å²) >= 11 is 0. The van der Waals surface area contributed by atoms with Gasteiger partial charge >= 0.3 is 0 Å². The fourth-order valence-electron chi connectivity index (χ4n) is 4.66. The molecule has 1 atom stereocenters. The number of fused-ring (bicyclic) bond motifs is 2. The largest absolute Gasteiger partial charge is 0.467 e. The topological polar surface area (TPSA) is 101 Å². The van der Waals surface area contributed by atoms with E-state index >= 15 is 0 Å². The van der Waals surface area contributed by atoms with Gasteiger partial charge in [0.25, 0.3) is 17.7 Å². The molecule has 6 rings (SSSR count). The Labute approximate surface area is 188 Å². The van der Waals surface area contributed by atoms with Gasteiger partial charge in [-0.3, -0.25) is 23.7 Å². The van der Waals surface area contributed by atoms with Crippen LogP contribution in [0.2, 0.25) is 0 Å². The first kappa shape index (κ1) is 19.4. The number of carbonyl (C=O) groups is 3. The molecule has 1 fully saturated rings. The second-order valence-electron chi connectivity index (χ2n) is 8.18. The zero-order valence-electron chi connectivity index (χ0n) is 17.5. The molecule has 0 radical (unpaired) electrons. The SMILES string of the molecule is O=C1c2ccc(C(=O)N3CCC[C@H]3c3nnc4ccccn34)cc2C(=O)N1Cc1ccco1. The number of carbonyl (C=O) groups excluding carboxylic acids is 3. The fourth-order valence-corrected chi connectivity index (χ4v) is 4.66. The molecule has 2 aliphatic heterocycles. The van der Waals surface area contributed by atoms with Gasteiger partial charge in [-0.15, -0.1) is 10.2 Å². The molecular formula is C24H19N5O4. The fraction of sp³-hybridized carbons (Fsp3) is 0.208. The van der Waals surface area contributed by atoms with E-state index in [1.165, 1.54) is 12.3 Å². The van der Waals surface area contributed by atoms with E-state index in [1.54, 1.807) is 29.2 Å². The molecule has 1 saturated heterocycles. The zero-order chi connectivity index (χ0) is 22.5. The van der Waals surface area contributed by atoms with E-state index < -0.39 is 5.91 Å². The molecule has 1 aromatic carbocycles. The Kier molecular flexibility index (Phi) is 4.36. The summed E-state index contributed by atoms with van der Waals surface area (Å²) in [6, 6.07) is 13.6. The van der Waals surface area contributed by atoms with Crippen molar-refractivity contribution < 1.29 is 18.8 Å². The van der Waals surface area contributed by atoms with Crippen molar-refractivity contribution in [3.8, 4) is 0 Å². The summed E-state index contributed by atoms with van der Waals surface area (Å²) in [5.41, 5.74) is 1.63. The maximum absolute atomic E-state index is 13.5. The van der Waals surface area contributed by atoms with Gasteiger partial charge in [0, 0.05) is 18.3 Å². The molecule has 164 valence electrons. The van der Waals surface area contributed by atoms with E-state index in [2.05, 4.69) is 10.2 Å². The predicted octanol–water partition coefficient (Wildman–Crippen LogP) is 3.10. The van der Waals surface area contributed by atoms with Gasteiger partial charge in [0.05, 0.1) is 30.0 Å². The molecule has 3 amide bonds. The van der Waals surface area contributed by atoms with Crippen LogP contribution in [0.4, 0.5) is 0 Å². The second kappa shape index (κ2) is 7.40. The molecule has 0 aliphatic carbocycles. The first-order valence-corrected chi connectivity index (χ1v) is 10.7. The number of rotatable bonds is 4. The molecule has 0 saturated carbocycles. The minimum atomic E-state index is -0.428. The third kappa shape index (κ3) is 3.04. The number of hydrogen-bond acceptors (Lipinski definition) is 6. The average Bonchev–Trinajstić information content (AvgIpc) is 3.63. The molecule has 0 unspecified atom stereocenters. The molecule has 5 heterocycles. The standard InChI is InChI=1S/C24H19N5O4/c30-22(27-11-3-6-19(27)21-26-25-20-7-1-2-10-28(20)21)15-8-9-17-18(13-15)24(32)29(23(17)31)14-16-5-4-12-33-16/h1-2,4-5,7-10,12-13,19H,3,6,11,14H2/t19-/m0/s1. The smallest absolute Gasteiger partial charge is 0.261 e. The van der Waals surface area contributed by atoms with E-state index in [-0.39, 0.29) is 30.0 Å². The molecule has 9 nitrogen and oxygen atoms in total. The van der Waals surface area contributed by atoms with Crippen LogP contribution in [-0.4, -0.2) is 48.7 Å². The highest BCUT2D eigenvalue weighted by Crippen LogP contribution is 2.33. The van der Waals surface area contributed by atoms with Gasteiger partial charge in [-0.1, -0.05) is 6.07 Å². The number of benzene rings is 1. The van der Waals surface area contributed by atoms with Crippen LogP contribution in [0.3, 0.4) is 0 Å². The van der Waals surface area contributed by atoms with Crippen molar-refractivity contribution in [3.63, 3.8) is 0 Å². The minimum Gasteiger partial charge on any atom is -0.467 e. The van der Waals surface area contributed by atoms with Gasteiger partial charge in [-0.2, -0.15) is 0 Å². The third-order valence-corrected chi connectivity index (χ3v) is 6.26. The number of imide groups is 1. The summed E-state index contributed by atoms with van der Waals surface area (Å²) in [6.45, 7) is 0.636. The van der Waals surface area contributed by atoms with E-state index in [4.69, 9.17) is 4.42 Å².